The van der Waals surface area contributed by atoms with Gasteiger partial charge in [-0.15, -0.1) is 0 Å². The molecule has 1 N–H and O–H groups in total. The predicted octanol–water partition coefficient (Wildman–Crippen LogP) is 3.81. The van der Waals surface area contributed by atoms with Gasteiger partial charge in [0.05, 0.1) is 17.5 Å². The van der Waals surface area contributed by atoms with Gasteiger partial charge in [0, 0.05) is 17.7 Å². The summed E-state index contributed by atoms with van der Waals surface area (Å²) in [4.78, 5) is 33.3. The van der Waals surface area contributed by atoms with E-state index in [0.29, 0.717) is 22.9 Å². The molecule has 0 aliphatic carbocycles. The first-order valence-corrected chi connectivity index (χ1v) is 9.85. The molecule has 0 spiro atoms. The highest BCUT2D eigenvalue weighted by atomic mass is 16.5. The van der Waals surface area contributed by atoms with Crippen LogP contribution >= 0.6 is 0 Å². The molecule has 3 aromatic heterocycles. The smallest absolute Gasteiger partial charge is 0.281 e. The summed E-state index contributed by atoms with van der Waals surface area (Å²) in [6.45, 7) is 5.31. The molecule has 0 fully saturated rings. The van der Waals surface area contributed by atoms with Gasteiger partial charge in [-0.2, -0.15) is 14.8 Å². The Bertz CT molecular complexity index is 1440. The third-order valence-electron chi connectivity index (χ3n) is 4.88. The Morgan fingerprint density at radius 2 is 1.88 bits per heavy atom. The van der Waals surface area contributed by atoms with E-state index >= 15 is 0 Å². The van der Waals surface area contributed by atoms with Crippen LogP contribution in [0.2, 0.25) is 0 Å². The second-order valence-corrected chi connectivity index (χ2v) is 7.09. The van der Waals surface area contributed by atoms with Crippen molar-refractivity contribution in [3.8, 4) is 22.8 Å². The number of anilines is 1. The first kappa shape index (κ1) is 20.1. The van der Waals surface area contributed by atoms with Crippen LogP contribution in [0.1, 0.15) is 17.4 Å². The maximum Gasteiger partial charge on any atom is 0.281 e. The van der Waals surface area contributed by atoms with E-state index in [1.54, 1.807) is 25.1 Å². The maximum absolute atomic E-state index is 12.9. The standard InChI is InChI=1S/C23H16N6O4/c1-13-14(2)24-23(26-21(13)30)29-20(12-16(27-29)18-9-6-10-32-18)25-22(31)17-11-19(33-28-17)15-7-4-3-5-8-15/h3-12H,1H2,2H3,(H,25,31). The molecule has 2 amide bonds. The van der Waals surface area contributed by atoms with Gasteiger partial charge in [-0.05, 0) is 19.1 Å². The number of nitrogens with zero attached hydrogens (tertiary/aromatic N) is 5. The molecular formula is C23H16N6O4. The van der Waals surface area contributed by atoms with Crippen LogP contribution in [-0.4, -0.2) is 38.4 Å². The van der Waals surface area contributed by atoms with Crippen molar-refractivity contribution < 1.29 is 18.5 Å². The summed E-state index contributed by atoms with van der Waals surface area (Å²) in [7, 11) is 0. The number of carbonyl (C=O) groups excluding carboxylic acids is 2. The Kier molecular flexibility index (Phi) is 4.87. The van der Waals surface area contributed by atoms with Gasteiger partial charge in [-0.25, -0.2) is 4.99 Å². The molecule has 1 aliphatic rings. The van der Waals surface area contributed by atoms with Crippen molar-refractivity contribution in [2.45, 2.75) is 6.92 Å². The molecule has 1 aromatic carbocycles. The van der Waals surface area contributed by atoms with Crippen LogP contribution in [0.15, 0.2) is 91.9 Å². The molecule has 10 heteroatoms. The SMILES string of the molecule is C=C1C(=O)N=C(n2nc(-c3ccco3)cc2NC(=O)c2cc(-c3ccccc3)on2)N=C1C. The number of benzene rings is 1. The Labute approximate surface area is 186 Å². The zero-order valence-corrected chi connectivity index (χ0v) is 17.3. The number of nitrogens with one attached hydrogen (secondary N) is 1. The van der Waals surface area contributed by atoms with Gasteiger partial charge in [-0.3, -0.25) is 9.59 Å². The highest BCUT2D eigenvalue weighted by Crippen LogP contribution is 2.25. The van der Waals surface area contributed by atoms with Crippen LogP contribution in [-0.2, 0) is 4.79 Å². The molecule has 1 aliphatic heterocycles. The second kappa shape index (κ2) is 8.00. The van der Waals surface area contributed by atoms with Crippen molar-refractivity contribution in [2.75, 3.05) is 5.32 Å². The van der Waals surface area contributed by atoms with Crippen LogP contribution in [0.25, 0.3) is 22.8 Å². The number of aromatic nitrogens is 3. The van der Waals surface area contributed by atoms with E-state index in [9.17, 15) is 9.59 Å². The molecule has 4 heterocycles. The molecular weight excluding hydrogens is 424 g/mol. The normalized spacial score (nSPS) is 13.6. The number of rotatable bonds is 4. The lowest BCUT2D eigenvalue weighted by atomic mass is 10.1. The first-order chi connectivity index (χ1) is 16.0. The molecule has 0 saturated carbocycles. The fraction of sp³-hybridized carbons (Fsp3) is 0.0435. The van der Waals surface area contributed by atoms with E-state index in [1.807, 2.05) is 30.3 Å². The minimum atomic E-state index is -0.541. The summed E-state index contributed by atoms with van der Waals surface area (Å²) < 4.78 is 12.0. The van der Waals surface area contributed by atoms with Gasteiger partial charge in [0.25, 0.3) is 17.8 Å². The van der Waals surface area contributed by atoms with Gasteiger partial charge in [0.2, 0.25) is 0 Å². The molecule has 0 bridgehead atoms. The van der Waals surface area contributed by atoms with Gasteiger partial charge in [0.1, 0.15) is 11.5 Å². The molecule has 0 radical (unpaired) electrons. The number of hydrogen-bond donors (Lipinski definition) is 1. The van der Waals surface area contributed by atoms with Crippen LogP contribution in [0, 0.1) is 0 Å². The summed E-state index contributed by atoms with van der Waals surface area (Å²) in [5.74, 6) is 0.0422. The lowest BCUT2D eigenvalue weighted by Crippen LogP contribution is -2.25. The van der Waals surface area contributed by atoms with Gasteiger partial charge in [-0.1, -0.05) is 42.1 Å². The van der Waals surface area contributed by atoms with Crippen LogP contribution in [0.4, 0.5) is 5.82 Å². The van der Waals surface area contributed by atoms with Crippen molar-refractivity contribution in [3.63, 3.8) is 0 Å². The summed E-state index contributed by atoms with van der Waals surface area (Å²) in [5.41, 5.74) is 1.86. The molecule has 0 unspecified atom stereocenters. The summed E-state index contributed by atoms with van der Waals surface area (Å²) in [6, 6.07) is 15.8. The number of furan rings is 1. The third-order valence-corrected chi connectivity index (χ3v) is 4.88. The average molecular weight is 440 g/mol. The maximum atomic E-state index is 12.9. The zero-order chi connectivity index (χ0) is 22.9. The summed E-state index contributed by atoms with van der Waals surface area (Å²) in [6.07, 6.45) is 1.50. The number of hydrogen-bond acceptors (Lipinski definition) is 7. The Morgan fingerprint density at radius 3 is 2.61 bits per heavy atom. The topological polar surface area (TPSA) is 128 Å². The minimum absolute atomic E-state index is 0.0110. The van der Waals surface area contributed by atoms with Crippen LogP contribution in [0.5, 0.6) is 0 Å². The number of carbonyl (C=O) groups is 2. The minimum Gasteiger partial charge on any atom is -0.463 e. The molecule has 10 nitrogen and oxygen atoms in total. The fourth-order valence-corrected chi connectivity index (χ4v) is 3.12. The monoisotopic (exact) mass is 440 g/mol. The van der Waals surface area contributed by atoms with Gasteiger partial charge < -0.3 is 14.3 Å². The lowest BCUT2D eigenvalue weighted by Gasteiger charge is -2.12. The molecule has 5 rings (SSSR count). The highest BCUT2D eigenvalue weighted by molar-refractivity contribution is 6.28. The zero-order valence-electron chi connectivity index (χ0n) is 17.3. The number of amides is 2. The van der Waals surface area contributed by atoms with Crippen molar-refractivity contribution in [1.82, 2.24) is 14.9 Å². The molecule has 162 valence electrons. The predicted molar refractivity (Wildman–Crippen MR) is 120 cm³/mol. The van der Waals surface area contributed by atoms with Crippen LogP contribution < -0.4 is 5.32 Å². The lowest BCUT2D eigenvalue weighted by molar-refractivity contribution is -0.113. The Morgan fingerprint density at radius 1 is 1.06 bits per heavy atom. The highest BCUT2D eigenvalue weighted by Gasteiger charge is 2.24. The molecule has 0 atom stereocenters. The molecule has 0 saturated heterocycles. The van der Waals surface area contributed by atoms with E-state index < -0.39 is 11.8 Å². The average Bonchev–Trinajstić information content (AvgIpc) is 3.58. The number of aliphatic imine (C=N–C) groups is 2. The van der Waals surface area contributed by atoms with Crippen LogP contribution in [0.3, 0.4) is 0 Å². The Balaban J connectivity index is 1.49. The molecule has 33 heavy (non-hydrogen) atoms. The van der Waals surface area contributed by atoms with Crippen molar-refractivity contribution in [1.29, 1.82) is 0 Å². The van der Waals surface area contributed by atoms with Crippen molar-refractivity contribution >= 4 is 29.3 Å². The largest absolute Gasteiger partial charge is 0.463 e. The Hall–Kier alpha value is -4.86. The second-order valence-electron chi connectivity index (χ2n) is 7.09. The van der Waals surface area contributed by atoms with Crippen molar-refractivity contribution in [2.24, 2.45) is 9.98 Å². The van der Waals surface area contributed by atoms with E-state index in [1.165, 1.54) is 17.0 Å². The molecule has 4 aromatic rings. The van der Waals surface area contributed by atoms with Crippen molar-refractivity contribution in [3.05, 3.63) is 78.7 Å². The van der Waals surface area contributed by atoms with Gasteiger partial charge >= 0.3 is 0 Å². The summed E-state index contributed by atoms with van der Waals surface area (Å²) >= 11 is 0. The summed E-state index contributed by atoms with van der Waals surface area (Å²) in [5, 5.41) is 11.0. The van der Waals surface area contributed by atoms with E-state index in [-0.39, 0.29) is 23.0 Å². The fourth-order valence-electron chi connectivity index (χ4n) is 3.12. The van der Waals surface area contributed by atoms with E-state index in [0.717, 1.165) is 5.56 Å². The quantitative estimate of drug-likeness (QED) is 0.481. The van der Waals surface area contributed by atoms with Gasteiger partial charge in [0.15, 0.2) is 17.2 Å². The third kappa shape index (κ3) is 3.81. The van der Waals surface area contributed by atoms with E-state index in [2.05, 4.69) is 32.1 Å². The van der Waals surface area contributed by atoms with E-state index in [4.69, 9.17) is 8.94 Å². The first-order valence-electron chi connectivity index (χ1n) is 9.85.